The fourth-order valence-electron chi connectivity index (χ4n) is 2.86. The lowest BCUT2D eigenvalue weighted by Crippen LogP contribution is -2.51. The molecule has 0 bridgehead atoms. The number of piperazine rings is 1. The van der Waals surface area contributed by atoms with Crippen LogP contribution in [0.3, 0.4) is 0 Å². The summed E-state index contributed by atoms with van der Waals surface area (Å²) in [5, 5.41) is 3.06. The first-order valence-corrected chi connectivity index (χ1v) is 9.38. The van der Waals surface area contributed by atoms with Crippen molar-refractivity contribution in [3.8, 4) is 0 Å². The van der Waals surface area contributed by atoms with Gasteiger partial charge in [0.15, 0.2) is 0 Å². The van der Waals surface area contributed by atoms with Crippen LogP contribution in [0.25, 0.3) is 0 Å². The van der Waals surface area contributed by atoms with Crippen LogP contribution in [0.15, 0.2) is 42.5 Å². The van der Waals surface area contributed by atoms with E-state index in [-0.39, 0.29) is 12.1 Å². The SMILES string of the molecule is CC(NC(=O)N1CCN(Cc2ccccc2)CC1)c1ccc(Cl)s1. The van der Waals surface area contributed by atoms with Gasteiger partial charge in [0.25, 0.3) is 0 Å². The van der Waals surface area contributed by atoms with Crippen molar-refractivity contribution in [1.82, 2.24) is 15.1 Å². The number of carbonyl (C=O) groups excluding carboxylic acids is 1. The average Bonchev–Trinajstić information content (AvgIpc) is 3.03. The topological polar surface area (TPSA) is 35.6 Å². The molecule has 1 atom stereocenters. The summed E-state index contributed by atoms with van der Waals surface area (Å²) in [4.78, 5) is 17.8. The number of urea groups is 1. The first-order chi connectivity index (χ1) is 11.6. The Morgan fingerprint density at radius 1 is 1.17 bits per heavy atom. The van der Waals surface area contributed by atoms with Crippen LogP contribution < -0.4 is 5.32 Å². The molecule has 6 heteroatoms. The van der Waals surface area contributed by atoms with E-state index < -0.39 is 0 Å². The summed E-state index contributed by atoms with van der Waals surface area (Å²) in [6.45, 7) is 6.27. The summed E-state index contributed by atoms with van der Waals surface area (Å²) in [6.07, 6.45) is 0. The van der Waals surface area contributed by atoms with Crippen molar-refractivity contribution >= 4 is 29.0 Å². The molecule has 1 aromatic carbocycles. The number of thiophene rings is 1. The predicted octanol–water partition coefficient (Wildman–Crippen LogP) is 3.99. The molecule has 1 N–H and O–H groups in total. The highest BCUT2D eigenvalue weighted by Crippen LogP contribution is 2.26. The van der Waals surface area contributed by atoms with Crippen molar-refractivity contribution in [2.75, 3.05) is 26.2 Å². The molecule has 2 amide bonds. The van der Waals surface area contributed by atoms with E-state index in [0.717, 1.165) is 41.9 Å². The lowest BCUT2D eigenvalue weighted by molar-refractivity contribution is 0.134. The van der Waals surface area contributed by atoms with Crippen LogP contribution in [0.2, 0.25) is 4.34 Å². The fourth-order valence-corrected chi connectivity index (χ4v) is 3.92. The third-order valence-corrected chi connectivity index (χ3v) is 5.68. The van der Waals surface area contributed by atoms with Crippen LogP contribution in [0.1, 0.15) is 23.4 Å². The monoisotopic (exact) mass is 363 g/mol. The maximum absolute atomic E-state index is 12.4. The number of carbonyl (C=O) groups is 1. The van der Waals surface area contributed by atoms with Gasteiger partial charge in [-0.3, -0.25) is 4.90 Å². The zero-order valence-electron chi connectivity index (χ0n) is 13.7. The molecule has 1 aliphatic rings. The largest absolute Gasteiger partial charge is 0.331 e. The quantitative estimate of drug-likeness (QED) is 0.891. The molecule has 1 saturated heterocycles. The number of benzene rings is 1. The van der Waals surface area contributed by atoms with Gasteiger partial charge in [-0.1, -0.05) is 41.9 Å². The first-order valence-electron chi connectivity index (χ1n) is 8.19. The lowest BCUT2D eigenvalue weighted by Gasteiger charge is -2.35. The Morgan fingerprint density at radius 2 is 1.88 bits per heavy atom. The van der Waals surface area contributed by atoms with Gasteiger partial charge in [0.1, 0.15) is 0 Å². The van der Waals surface area contributed by atoms with Gasteiger partial charge in [0.2, 0.25) is 0 Å². The van der Waals surface area contributed by atoms with Crippen LogP contribution in [0.4, 0.5) is 4.79 Å². The number of rotatable bonds is 4. The third kappa shape index (κ3) is 4.50. The molecule has 1 fully saturated rings. The van der Waals surface area contributed by atoms with Crippen molar-refractivity contribution in [3.05, 3.63) is 57.2 Å². The normalized spacial score (nSPS) is 16.8. The molecule has 2 heterocycles. The minimum absolute atomic E-state index is 0.00591. The molecule has 1 unspecified atom stereocenters. The summed E-state index contributed by atoms with van der Waals surface area (Å²) in [7, 11) is 0. The number of halogens is 1. The Morgan fingerprint density at radius 3 is 2.50 bits per heavy atom. The number of nitrogens with zero attached hydrogens (tertiary/aromatic N) is 2. The zero-order valence-corrected chi connectivity index (χ0v) is 15.3. The number of amides is 2. The van der Waals surface area contributed by atoms with E-state index in [1.807, 2.05) is 30.0 Å². The van der Waals surface area contributed by atoms with Crippen molar-refractivity contribution in [3.63, 3.8) is 0 Å². The first kappa shape index (κ1) is 17.3. The van der Waals surface area contributed by atoms with Gasteiger partial charge in [-0.25, -0.2) is 4.79 Å². The van der Waals surface area contributed by atoms with Crippen molar-refractivity contribution < 1.29 is 4.79 Å². The number of hydrogen-bond acceptors (Lipinski definition) is 3. The van der Waals surface area contributed by atoms with Crippen molar-refractivity contribution in [2.24, 2.45) is 0 Å². The molecule has 1 aromatic heterocycles. The molecule has 0 aliphatic carbocycles. The highest BCUT2D eigenvalue weighted by Gasteiger charge is 2.22. The van der Waals surface area contributed by atoms with Gasteiger partial charge in [-0.05, 0) is 24.6 Å². The van der Waals surface area contributed by atoms with Gasteiger partial charge < -0.3 is 10.2 Å². The Labute approximate surface area is 152 Å². The van der Waals surface area contributed by atoms with E-state index in [2.05, 4.69) is 34.5 Å². The summed E-state index contributed by atoms with van der Waals surface area (Å²) in [6, 6.07) is 14.3. The van der Waals surface area contributed by atoms with Crippen molar-refractivity contribution in [2.45, 2.75) is 19.5 Å². The molecule has 3 rings (SSSR count). The van der Waals surface area contributed by atoms with E-state index in [4.69, 9.17) is 11.6 Å². The molecule has 0 radical (unpaired) electrons. The molecule has 0 spiro atoms. The van der Waals surface area contributed by atoms with Crippen LogP contribution in [0, 0.1) is 0 Å². The molecular formula is C18H22ClN3OS. The number of nitrogens with one attached hydrogen (secondary N) is 1. The van der Waals surface area contributed by atoms with Gasteiger partial charge in [-0.15, -0.1) is 11.3 Å². The maximum Gasteiger partial charge on any atom is 0.317 e. The van der Waals surface area contributed by atoms with Crippen LogP contribution >= 0.6 is 22.9 Å². The molecule has 0 saturated carbocycles. The second kappa shape index (κ2) is 8.01. The van der Waals surface area contributed by atoms with E-state index in [1.165, 1.54) is 16.9 Å². The van der Waals surface area contributed by atoms with E-state index in [1.54, 1.807) is 0 Å². The summed E-state index contributed by atoms with van der Waals surface area (Å²) in [5.41, 5.74) is 1.32. The highest BCUT2D eigenvalue weighted by atomic mass is 35.5. The van der Waals surface area contributed by atoms with Crippen LogP contribution in [-0.2, 0) is 6.54 Å². The molecule has 2 aromatic rings. The molecular weight excluding hydrogens is 342 g/mol. The van der Waals surface area contributed by atoms with Crippen LogP contribution in [-0.4, -0.2) is 42.0 Å². The Balaban J connectivity index is 1.46. The Bertz CT molecular complexity index is 668. The summed E-state index contributed by atoms with van der Waals surface area (Å²) >= 11 is 7.47. The van der Waals surface area contributed by atoms with Gasteiger partial charge in [0.05, 0.1) is 10.4 Å². The second-order valence-corrected chi connectivity index (χ2v) is 7.81. The number of hydrogen-bond donors (Lipinski definition) is 1. The summed E-state index contributed by atoms with van der Waals surface area (Å²) < 4.78 is 0.751. The van der Waals surface area contributed by atoms with Crippen molar-refractivity contribution in [1.29, 1.82) is 0 Å². The van der Waals surface area contributed by atoms with E-state index in [9.17, 15) is 4.79 Å². The average molecular weight is 364 g/mol. The fraction of sp³-hybridized carbons (Fsp3) is 0.389. The molecule has 4 nitrogen and oxygen atoms in total. The molecule has 24 heavy (non-hydrogen) atoms. The van der Waals surface area contributed by atoms with Crippen LogP contribution in [0.5, 0.6) is 0 Å². The predicted molar refractivity (Wildman–Crippen MR) is 99.6 cm³/mol. The second-order valence-electron chi connectivity index (χ2n) is 6.06. The minimum Gasteiger partial charge on any atom is -0.331 e. The standard InChI is InChI=1S/C18H22ClN3OS/c1-14(16-7-8-17(19)24-16)20-18(23)22-11-9-21(10-12-22)13-15-5-3-2-4-6-15/h2-8,14H,9-13H2,1H3,(H,20,23). The smallest absolute Gasteiger partial charge is 0.317 e. The lowest BCUT2D eigenvalue weighted by atomic mass is 10.2. The third-order valence-electron chi connectivity index (χ3n) is 4.27. The van der Waals surface area contributed by atoms with Gasteiger partial charge >= 0.3 is 6.03 Å². The molecule has 1 aliphatic heterocycles. The zero-order chi connectivity index (χ0) is 16.9. The summed E-state index contributed by atoms with van der Waals surface area (Å²) in [5.74, 6) is 0. The van der Waals surface area contributed by atoms with Gasteiger partial charge in [0, 0.05) is 37.6 Å². The minimum atomic E-state index is -0.0163. The van der Waals surface area contributed by atoms with E-state index in [0.29, 0.717) is 0 Å². The highest BCUT2D eigenvalue weighted by molar-refractivity contribution is 7.16. The maximum atomic E-state index is 12.4. The Hall–Kier alpha value is -1.56. The Kier molecular flexibility index (Phi) is 5.76. The van der Waals surface area contributed by atoms with E-state index >= 15 is 0 Å². The molecule has 128 valence electrons. The van der Waals surface area contributed by atoms with Gasteiger partial charge in [-0.2, -0.15) is 0 Å².